The fourth-order valence-electron chi connectivity index (χ4n) is 4.81. The number of benzene rings is 2. The van der Waals surface area contributed by atoms with Crippen molar-refractivity contribution in [2.24, 2.45) is 5.73 Å². The van der Waals surface area contributed by atoms with Crippen LogP contribution in [0, 0.1) is 0 Å². The molecule has 0 aliphatic rings. The van der Waals surface area contributed by atoms with E-state index in [4.69, 9.17) is 19.9 Å². The Morgan fingerprint density at radius 3 is 2.38 bits per heavy atom. The van der Waals surface area contributed by atoms with Gasteiger partial charge in [0, 0.05) is 66.2 Å². The molecule has 0 saturated heterocycles. The molecule has 0 saturated carbocycles. The SMILES string of the molecule is COc1cc(/C(C(N)=O)=C(/C=O)c2cn(CCCNC(=O)NCCc3cnc[nH]3)c3ccccc23)cc(OC)c1OC. The first-order chi connectivity index (χ1) is 20.4. The van der Waals surface area contributed by atoms with Gasteiger partial charge in [-0.25, -0.2) is 9.78 Å². The van der Waals surface area contributed by atoms with Gasteiger partial charge in [-0.05, 0) is 30.2 Å². The Kier molecular flexibility index (Phi) is 9.82. The van der Waals surface area contributed by atoms with E-state index in [0.29, 0.717) is 67.1 Å². The number of aldehydes is 1. The Labute approximate surface area is 242 Å². The molecule has 4 rings (SSSR count). The lowest BCUT2D eigenvalue weighted by atomic mass is 9.94. The van der Waals surface area contributed by atoms with Crippen molar-refractivity contribution < 1.29 is 28.6 Å². The minimum Gasteiger partial charge on any atom is -0.493 e. The van der Waals surface area contributed by atoms with Crippen LogP contribution >= 0.6 is 0 Å². The molecule has 12 nitrogen and oxygen atoms in total. The predicted octanol–water partition coefficient (Wildman–Crippen LogP) is 2.92. The van der Waals surface area contributed by atoms with Crippen LogP contribution in [0.5, 0.6) is 17.2 Å². The maximum absolute atomic E-state index is 12.8. The van der Waals surface area contributed by atoms with E-state index in [1.165, 1.54) is 21.3 Å². The zero-order valence-electron chi connectivity index (χ0n) is 23.7. The number of allylic oxidation sites excluding steroid dienone is 1. The predicted molar refractivity (Wildman–Crippen MR) is 158 cm³/mol. The van der Waals surface area contributed by atoms with Crippen LogP contribution in [0.15, 0.2) is 55.1 Å². The number of ether oxygens (including phenoxy) is 3. The minimum atomic E-state index is -0.786. The minimum absolute atomic E-state index is 0.0145. The smallest absolute Gasteiger partial charge is 0.314 e. The van der Waals surface area contributed by atoms with Crippen molar-refractivity contribution in [1.82, 2.24) is 25.2 Å². The number of aromatic amines is 1. The highest BCUT2D eigenvalue weighted by Gasteiger charge is 2.23. The van der Waals surface area contributed by atoms with Gasteiger partial charge in [-0.3, -0.25) is 9.59 Å². The third-order valence-electron chi connectivity index (χ3n) is 6.76. The third kappa shape index (κ3) is 6.54. The molecule has 12 heteroatoms. The van der Waals surface area contributed by atoms with Crippen molar-refractivity contribution in [2.75, 3.05) is 34.4 Å². The number of carbonyl (C=O) groups is 3. The third-order valence-corrected chi connectivity index (χ3v) is 6.76. The van der Waals surface area contributed by atoms with Gasteiger partial charge in [0.05, 0.1) is 33.2 Å². The molecule has 220 valence electrons. The number of aryl methyl sites for hydroxylation is 1. The zero-order chi connectivity index (χ0) is 30.1. The van der Waals surface area contributed by atoms with E-state index in [9.17, 15) is 14.4 Å². The number of hydrogen-bond donors (Lipinski definition) is 4. The average Bonchev–Trinajstić information content (AvgIpc) is 3.65. The van der Waals surface area contributed by atoms with Gasteiger partial charge in [0.15, 0.2) is 17.8 Å². The van der Waals surface area contributed by atoms with E-state index in [1.807, 2.05) is 35.0 Å². The summed E-state index contributed by atoms with van der Waals surface area (Å²) in [6, 6.07) is 10.5. The molecular weight excluding hydrogens is 540 g/mol. The number of nitrogens with one attached hydrogen (secondary N) is 3. The number of H-pyrrole nitrogens is 1. The normalized spacial score (nSPS) is 11.5. The summed E-state index contributed by atoms with van der Waals surface area (Å²) >= 11 is 0. The number of imidazole rings is 1. The number of amides is 3. The van der Waals surface area contributed by atoms with Crippen LogP contribution in [0.25, 0.3) is 22.0 Å². The second-order valence-electron chi connectivity index (χ2n) is 9.30. The van der Waals surface area contributed by atoms with Crippen LogP contribution in [0.2, 0.25) is 0 Å². The molecule has 0 bridgehead atoms. The highest BCUT2D eigenvalue weighted by molar-refractivity contribution is 6.36. The van der Waals surface area contributed by atoms with Gasteiger partial charge in [0.2, 0.25) is 11.7 Å². The highest BCUT2D eigenvalue weighted by Crippen LogP contribution is 2.41. The van der Waals surface area contributed by atoms with Crippen molar-refractivity contribution in [3.8, 4) is 17.2 Å². The Hall–Kier alpha value is -5.26. The first kappa shape index (κ1) is 29.7. The number of nitrogens with zero attached hydrogens (tertiary/aromatic N) is 2. The van der Waals surface area contributed by atoms with E-state index >= 15 is 0 Å². The average molecular weight is 575 g/mol. The Bertz CT molecular complexity index is 1570. The molecule has 0 atom stereocenters. The standard InChI is InChI=1S/C30H34N6O6/c1-40-25-13-19(14-26(41-2)28(25)42-3)27(29(31)38)23(17-37)22-16-36(24-8-5-4-7-21(22)24)12-6-10-33-30(39)34-11-9-20-15-32-18-35-20/h4-5,7-8,13-18H,6,9-12H2,1-3H3,(H2,31,38)(H,32,35)(H2,33,34,39)/b27-23+. The van der Waals surface area contributed by atoms with Crippen LogP contribution in [-0.2, 0) is 22.6 Å². The largest absolute Gasteiger partial charge is 0.493 e. The second-order valence-corrected chi connectivity index (χ2v) is 9.30. The zero-order valence-corrected chi connectivity index (χ0v) is 23.7. The number of primary amides is 1. The molecule has 0 spiro atoms. The first-order valence-electron chi connectivity index (χ1n) is 13.3. The number of aromatic nitrogens is 3. The van der Waals surface area contributed by atoms with Gasteiger partial charge >= 0.3 is 6.03 Å². The molecule has 2 aromatic heterocycles. The second kappa shape index (κ2) is 13.9. The fourth-order valence-corrected chi connectivity index (χ4v) is 4.81. The maximum Gasteiger partial charge on any atom is 0.314 e. The van der Waals surface area contributed by atoms with Crippen LogP contribution in [0.4, 0.5) is 4.79 Å². The molecular formula is C30H34N6O6. The molecule has 2 heterocycles. The van der Waals surface area contributed by atoms with Crippen LogP contribution < -0.4 is 30.6 Å². The molecule has 2 aromatic carbocycles. The molecule has 4 aromatic rings. The van der Waals surface area contributed by atoms with E-state index in [1.54, 1.807) is 24.7 Å². The fraction of sp³-hybridized carbons (Fsp3) is 0.267. The number of carbonyl (C=O) groups excluding carboxylic acids is 3. The van der Waals surface area contributed by atoms with Crippen molar-refractivity contribution in [3.05, 3.63) is 71.9 Å². The quantitative estimate of drug-likeness (QED) is 0.102. The number of fused-ring (bicyclic) bond motifs is 1. The molecule has 0 fully saturated rings. The van der Waals surface area contributed by atoms with E-state index < -0.39 is 5.91 Å². The van der Waals surface area contributed by atoms with Crippen LogP contribution in [0.1, 0.15) is 23.2 Å². The van der Waals surface area contributed by atoms with Gasteiger partial charge < -0.3 is 40.1 Å². The van der Waals surface area contributed by atoms with Gasteiger partial charge in [0.25, 0.3) is 0 Å². The van der Waals surface area contributed by atoms with Crippen molar-refractivity contribution >= 4 is 40.3 Å². The maximum atomic E-state index is 12.8. The number of urea groups is 1. The number of methoxy groups -OCH3 is 3. The number of hydrogen-bond acceptors (Lipinski definition) is 7. The van der Waals surface area contributed by atoms with Gasteiger partial charge in [0.1, 0.15) is 0 Å². The van der Waals surface area contributed by atoms with Gasteiger partial charge in [-0.1, -0.05) is 18.2 Å². The number of para-hydroxylation sites is 1. The Morgan fingerprint density at radius 1 is 1.05 bits per heavy atom. The van der Waals surface area contributed by atoms with Crippen molar-refractivity contribution in [3.63, 3.8) is 0 Å². The lowest BCUT2D eigenvalue weighted by Crippen LogP contribution is -2.37. The molecule has 0 aliphatic heterocycles. The van der Waals surface area contributed by atoms with E-state index in [2.05, 4.69) is 20.6 Å². The lowest BCUT2D eigenvalue weighted by Gasteiger charge is -2.16. The summed E-state index contributed by atoms with van der Waals surface area (Å²) in [4.78, 5) is 44.5. The number of rotatable bonds is 14. The molecule has 0 unspecified atom stereocenters. The summed E-state index contributed by atoms with van der Waals surface area (Å²) in [5, 5.41) is 6.45. The Morgan fingerprint density at radius 2 is 1.76 bits per heavy atom. The summed E-state index contributed by atoms with van der Waals surface area (Å²) in [6.07, 6.45) is 7.05. The van der Waals surface area contributed by atoms with Crippen LogP contribution in [0.3, 0.4) is 0 Å². The summed E-state index contributed by atoms with van der Waals surface area (Å²) in [5.41, 5.74) is 8.69. The van der Waals surface area contributed by atoms with E-state index in [-0.39, 0.29) is 17.2 Å². The molecule has 5 N–H and O–H groups in total. The summed E-state index contributed by atoms with van der Waals surface area (Å²) in [6.45, 7) is 1.47. The molecule has 0 radical (unpaired) electrons. The van der Waals surface area contributed by atoms with Gasteiger partial charge in [-0.2, -0.15) is 0 Å². The lowest BCUT2D eigenvalue weighted by molar-refractivity contribution is -0.113. The van der Waals surface area contributed by atoms with Gasteiger partial charge in [-0.15, -0.1) is 0 Å². The molecule has 0 aliphatic carbocycles. The molecule has 3 amide bonds. The highest BCUT2D eigenvalue weighted by atomic mass is 16.5. The first-order valence-corrected chi connectivity index (χ1v) is 13.3. The van der Waals surface area contributed by atoms with Crippen molar-refractivity contribution in [2.45, 2.75) is 19.4 Å². The number of nitrogens with two attached hydrogens (primary N) is 1. The monoisotopic (exact) mass is 574 g/mol. The summed E-state index contributed by atoms with van der Waals surface area (Å²) in [5.74, 6) is 0.190. The topological polar surface area (TPSA) is 163 Å². The van der Waals surface area contributed by atoms with E-state index in [0.717, 1.165) is 16.6 Å². The summed E-state index contributed by atoms with van der Waals surface area (Å²) < 4.78 is 18.3. The van der Waals surface area contributed by atoms with Crippen LogP contribution in [-0.4, -0.2) is 67.2 Å². The Balaban J connectivity index is 1.58. The molecule has 42 heavy (non-hydrogen) atoms. The summed E-state index contributed by atoms with van der Waals surface area (Å²) in [7, 11) is 4.40. The van der Waals surface area contributed by atoms with Crippen molar-refractivity contribution in [1.29, 1.82) is 0 Å².